The number of hydrogen-bond acceptors (Lipinski definition) is 4. The van der Waals surface area contributed by atoms with Gasteiger partial charge in [0.05, 0.1) is 0 Å². The van der Waals surface area contributed by atoms with Crippen molar-refractivity contribution in [2.24, 2.45) is 0 Å². The van der Waals surface area contributed by atoms with Gasteiger partial charge in [0.25, 0.3) is 5.89 Å². The van der Waals surface area contributed by atoms with E-state index >= 15 is 0 Å². The van der Waals surface area contributed by atoms with Gasteiger partial charge in [0.2, 0.25) is 0 Å². The fourth-order valence-corrected chi connectivity index (χ4v) is 1.10. The zero-order valence-electron chi connectivity index (χ0n) is 7.73. The Bertz CT molecular complexity index is 391. The molecule has 1 fully saturated rings. The summed E-state index contributed by atoms with van der Waals surface area (Å²) in [6, 6.07) is 0. The Hall–Kier alpha value is -1.65. The fraction of sp³-hybridized carbons (Fsp3) is 0.444. The van der Waals surface area contributed by atoms with Gasteiger partial charge in [-0.2, -0.15) is 4.98 Å². The summed E-state index contributed by atoms with van der Waals surface area (Å²) in [5, 5.41) is 12.2. The zero-order valence-corrected chi connectivity index (χ0v) is 7.73. The quantitative estimate of drug-likeness (QED) is 0.732. The second kappa shape index (κ2) is 2.94. The number of aliphatic carboxylic acids is 1. The molecule has 5 nitrogen and oxygen atoms in total. The molecule has 1 aromatic rings. The van der Waals surface area contributed by atoms with Gasteiger partial charge in [0, 0.05) is 17.6 Å². The molecule has 0 spiro atoms. The minimum atomic E-state index is -1.03. The van der Waals surface area contributed by atoms with Crippen LogP contribution in [0.4, 0.5) is 0 Å². The van der Waals surface area contributed by atoms with Crippen LogP contribution in [0.15, 0.2) is 10.6 Å². The number of carbonyl (C=O) groups is 1. The fourth-order valence-electron chi connectivity index (χ4n) is 1.10. The summed E-state index contributed by atoms with van der Waals surface area (Å²) in [5.74, 6) is -0.111. The number of hydrogen-bond donors (Lipinski definition) is 1. The summed E-state index contributed by atoms with van der Waals surface area (Å²) in [7, 11) is 0. The molecule has 1 aromatic heterocycles. The average Bonchev–Trinajstić information content (AvgIpc) is 2.70. The van der Waals surface area contributed by atoms with E-state index in [1.165, 1.54) is 6.08 Å². The Labute approximate surface area is 80.4 Å². The smallest absolute Gasteiger partial charge is 0.328 e. The van der Waals surface area contributed by atoms with Crippen LogP contribution in [0.3, 0.4) is 0 Å². The summed E-state index contributed by atoms with van der Waals surface area (Å²) in [6.07, 6.45) is 4.40. The van der Waals surface area contributed by atoms with E-state index in [-0.39, 0.29) is 11.3 Å². The van der Waals surface area contributed by atoms with Gasteiger partial charge in [-0.1, -0.05) is 12.1 Å². The second-order valence-corrected chi connectivity index (χ2v) is 3.69. The highest BCUT2D eigenvalue weighted by Crippen LogP contribution is 2.45. The number of aromatic nitrogens is 2. The third-order valence-corrected chi connectivity index (χ3v) is 2.35. The van der Waals surface area contributed by atoms with E-state index in [0.29, 0.717) is 5.82 Å². The molecule has 0 saturated heterocycles. The number of carboxylic acids is 1. The molecule has 74 valence electrons. The summed E-state index contributed by atoms with van der Waals surface area (Å²) in [4.78, 5) is 14.3. The van der Waals surface area contributed by atoms with E-state index < -0.39 is 5.97 Å². The monoisotopic (exact) mass is 194 g/mol. The predicted molar refractivity (Wildman–Crippen MR) is 47.6 cm³/mol. The number of nitrogens with zero attached hydrogens (tertiary/aromatic N) is 2. The Kier molecular flexibility index (Phi) is 1.87. The molecule has 0 aliphatic heterocycles. The molecule has 1 N–H and O–H groups in total. The zero-order chi connectivity index (χ0) is 10.2. The maximum Gasteiger partial charge on any atom is 0.328 e. The molecule has 0 radical (unpaired) electrons. The van der Waals surface area contributed by atoms with Crippen molar-refractivity contribution >= 4 is 12.0 Å². The molecule has 0 unspecified atom stereocenters. The van der Waals surface area contributed by atoms with Crippen molar-refractivity contribution < 1.29 is 14.4 Å². The lowest BCUT2D eigenvalue weighted by atomic mass is 10.1. The molecule has 5 heteroatoms. The van der Waals surface area contributed by atoms with Crippen LogP contribution in [0.1, 0.15) is 31.5 Å². The third-order valence-electron chi connectivity index (χ3n) is 2.35. The molecular formula is C9H10N2O3. The van der Waals surface area contributed by atoms with Crippen molar-refractivity contribution in [2.75, 3.05) is 0 Å². The normalized spacial score (nSPS) is 18.6. The van der Waals surface area contributed by atoms with E-state index in [2.05, 4.69) is 17.1 Å². The first-order valence-electron chi connectivity index (χ1n) is 4.35. The first-order chi connectivity index (χ1) is 6.60. The number of rotatable bonds is 3. The van der Waals surface area contributed by atoms with Gasteiger partial charge in [0.1, 0.15) is 0 Å². The van der Waals surface area contributed by atoms with Crippen LogP contribution >= 0.6 is 0 Å². The third kappa shape index (κ3) is 1.66. The van der Waals surface area contributed by atoms with E-state index in [0.717, 1.165) is 18.9 Å². The maximum atomic E-state index is 10.2. The van der Waals surface area contributed by atoms with E-state index in [4.69, 9.17) is 9.63 Å². The summed E-state index contributed by atoms with van der Waals surface area (Å²) >= 11 is 0. The van der Waals surface area contributed by atoms with Crippen molar-refractivity contribution in [1.82, 2.24) is 10.1 Å². The van der Waals surface area contributed by atoms with Crippen molar-refractivity contribution in [3.05, 3.63) is 17.8 Å². The SMILES string of the molecule is CC1(c2noc(C=CC(=O)O)n2)CC1. The molecule has 1 heterocycles. The average molecular weight is 194 g/mol. The first kappa shape index (κ1) is 8.93. The lowest BCUT2D eigenvalue weighted by Gasteiger charge is -1.96. The van der Waals surface area contributed by atoms with Gasteiger partial charge in [-0.05, 0) is 12.8 Å². The topological polar surface area (TPSA) is 76.2 Å². The van der Waals surface area contributed by atoms with Crippen LogP contribution in [0.25, 0.3) is 6.08 Å². The lowest BCUT2D eigenvalue weighted by Crippen LogP contribution is -2.01. The van der Waals surface area contributed by atoms with Gasteiger partial charge in [-0.3, -0.25) is 0 Å². The standard InChI is InChI=1S/C9H10N2O3/c1-9(4-5-9)8-10-6(14-11-8)2-3-7(12)13/h2-3H,4-5H2,1H3,(H,12,13). The summed E-state index contributed by atoms with van der Waals surface area (Å²) < 4.78 is 4.87. The van der Waals surface area contributed by atoms with E-state index in [9.17, 15) is 4.79 Å². The summed E-state index contributed by atoms with van der Waals surface area (Å²) in [6.45, 7) is 2.06. The number of carboxylic acid groups (broad SMARTS) is 1. The van der Waals surface area contributed by atoms with Crippen LogP contribution in [0.5, 0.6) is 0 Å². The van der Waals surface area contributed by atoms with Gasteiger partial charge in [-0.15, -0.1) is 0 Å². The Morgan fingerprint density at radius 3 is 2.93 bits per heavy atom. The highest BCUT2D eigenvalue weighted by molar-refractivity contribution is 5.84. The minimum absolute atomic E-state index is 0.0544. The van der Waals surface area contributed by atoms with Gasteiger partial charge in [0.15, 0.2) is 5.82 Å². The van der Waals surface area contributed by atoms with Gasteiger partial charge < -0.3 is 9.63 Å². The lowest BCUT2D eigenvalue weighted by molar-refractivity contribution is -0.131. The van der Waals surface area contributed by atoms with Crippen molar-refractivity contribution in [3.63, 3.8) is 0 Å². The van der Waals surface area contributed by atoms with Crippen molar-refractivity contribution in [1.29, 1.82) is 0 Å². The molecule has 1 aliphatic rings. The Morgan fingerprint density at radius 1 is 1.64 bits per heavy atom. The van der Waals surface area contributed by atoms with E-state index in [1.54, 1.807) is 0 Å². The highest BCUT2D eigenvalue weighted by atomic mass is 16.5. The highest BCUT2D eigenvalue weighted by Gasteiger charge is 2.43. The Morgan fingerprint density at radius 2 is 2.36 bits per heavy atom. The molecule has 0 atom stereocenters. The molecule has 0 aromatic carbocycles. The van der Waals surface area contributed by atoms with Crippen molar-refractivity contribution in [3.8, 4) is 0 Å². The molecule has 0 amide bonds. The van der Waals surface area contributed by atoms with Crippen LogP contribution < -0.4 is 0 Å². The van der Waals surface area contributed by atoms with Crippen LogP contribution in [-0.4, -0.2) is 21.2 Å². The molecule has 1 aliphatic carbocycles. The van der Waals surface area contributed by atoms with Crippen LogP contribution in [0.2, 0.25) is 0 Å². The minimum Gasteiger partial charge on any atom is -0.478 e. The van der Waals surface area contributed by atoms with Crippen molar-refractivity contribution in [2.45, 2.75) is 25.2 Å². The van der Waals surface area contributed by atoms with Gasteiger partial charge >= 0.3 is 5.97 Å². The van der Waals surface area contributed by atoms with Gasteiger partial charge in [-0.25, -0.2) is 4.79 Å². The summed E-state index contributed by atoms with van der Waals surface area (Å²) in [5.41, 5.74) is 0.0544. The molecule has 0 bridgehead atoms. The molecule has 2 rings (SSSR count). The first-order valence-corrected chi connectivity index (χ1v) is 4.35. The Balaban J connectivity index is 2.14. The van der Waals surface area contributed by atoms with Crippen LogP contribution in [0, 0.1) is 0 Å². The predicted octanol–water partition coefficient (Wildman–Crippen LogP) is 1.22. The van der Waals surface area contributed by atoms with E-state index in [1.807, 2.05) is 0 Å². The molecular weight excluding hydrogens is 184 g/mol. The molecule has 1 saturated carbocycles. The maximum absolute atomic E-state index is 10.2. The second-order valence-electron chi connectivity index (χ2n) is 3.69. The van der Waals surface area contributed by atoms with Crippen LogP contribution in [-0.2, 0) is 10.2 Å². The largest absolute Gasteiger partial charge is 0.478 e. The molecule has 14 heavy (non-hydrogen) atoms.